The predicted octanol–water partition coefficient (Wildman–Crippen LogP) is 4.30. The summed E-state index contributed by atoms with van der Waals surface area (Å²) >= 11 is 0. The van der Waals surface area contributed by atoms with Gasteiger partial charge in [-0.3, -0.25) is 10.1 Å². The molecule has 0 spiro atoms. The minimum atomic E-state index is -0.559. The van der Waals surface area contributed by atoms with Crippen LogP contribution in [0.1, 0.15) is 57.8 Å². The molecule has 0 heterocycles. The molecule has 0 fully saturated rings. The largest absolute Gasteiger partial charge is 0.444 e. The van der Waals surface area contributed by atoms with Crippen molar-refractivity contribution in [3.05, 3.63) is 29.8 Å². The number of benzene rings is 1. The third-order valence-electron chi connectivity index (χ3n) is 3.03. The van der Waals surface area contributed by atoms with Crippen molar-refractivity contribution in [3.63, 3.8) is 0 Å². The second-order valence-electron chi connectivity index (χ2n) is 6.50. The lowest BCUT2D eigenvalue weighted by atomic mass is 10.1. The van der Waals surface area contributed by atoms with Gasteiger partial charge in [-0.05, 0) is 51.8 Å². The van der Waals surface area contributed by atoms with Gasteiger partial charge in [-0.15, -0.1) is 0 Å². The Balaban J connectivity index is 2.83. The summed E-state index contributed by atoms with van der Waals surface area (Å²) in [6.45, 7) is 11.0. The van der Waals surface area contributed by atoms with E-state index in [1.807, 2.05) is 4.90 Å². The van der Waals surface area contributed by atoms with E-state index in [0.29, 0.717) is 11.3 Å². The first-order valence-corrected chi connectivity index (χ1v) is 8.16. The van der Waals surface area contributed by atoms with E-state index in [-0.39, 0.29) is 5.91 Å². The molecule has 0 saturated heterocycles. The standard InChI is InChI=1S/C18H28N2O3/c1-6-11-20(12-7-2)16(21)14-9-8-10-15(13-14)19-17(22)23-18(3,4)5/h8-10,13H,6-7,11-12H2,1-5H3,(H,19,22). The van der Waals surface area contributed by atoms with E-state index in [0.717, 1.165) is 25.9 Å². The molecule has 0 aromatic heterocycles. The van der Waals surface area contributed by atoms with Gasteiger partial charge in [0.2, 0.25) is 0 Å². The van der Waals surface area contributed by atoms with Gasteiger partial charge in [-0.25, -0.2) is 4.79 Å². The zero-order valence-electron chi connectivity index (χ0n) is 14.8. The van der Waals surface area contributed by atoms with Crippen LogP contribution in [-0.4, -0.2) is 35.6 Å². The van der Waals surface area contributed by atoms with E-state index in [9.17, 15) is 9.59 Å². The molecule has 0 bridgehead atoms. The molecular formula is C18H28N2O3. The molecule has 1 rings (SSSR count). The van der Waals surface area contributed by atoms with Crippen LogP contribution in [-0.2, 0) is 4.74 Å². The summed E-state index contributed by atoms with van der Waals surface area (Å²) in [7, 11) is 0. The highest BCUT2D eigenvalue weighted by Crippen LogP contribution is 2.15. The maximum absolute atomic E-state index is 12.6. The lowest BCUT2D eigenvalue weighted by molar-refractivity contribution is 0.0634. The smallest absolute Gasteiger partial charge is 0.412 e. The predicted molar refractivity (Wildman–Crippen MR) is 92.8 cm³/mol. The summed E-state index contributed by atoms with van der Waals surface area (Å²) in [5, 5.41) is 2.66. The van der Waals surface area contributed by atoms with E-state index in [4.69, 9.17) is 4.74 Å². The summed E-state index contributed by atoms with van der Waals surface area (Å²) in [5.41, 5.74) is 0.565. The number of ether oxygens (including phenoxy) is 1. The van der Waals surface area contributed by atoms with Crippen molar-refractivity contribution in [3.8, 4) is 0 Å². The maximum Gasteiger partial charge on any atom is 0.412 e. The highest BCUT2D eigenvalue weighted by molar-refractivity contribution is 5.96. The number of carbonyl (C=O) groups excluding carboxylic acids is 2. The van der Waals surface area contributed by atoms with Crippen molar-refractivity contribution in [1.29, 1.82) is 0 Å². The number of carbonyl (C=O) groups is 2. The Morgan fingerprint density at radius 1 is 1.13 bits per heavy atom. The molecule has 0 aliphatic rings. The monoisotopic (exact) mass is 320 g/mol. The average Bonchev–Trinajstić information content (AvgIpc) is 2.44. The van der Waals surface area contributed by atoms with Gasteiger partial charge in [0.05, 0.1) is 0 Å². The van der Waals surface area contributed by atoms with Gasteiger partial charge < -0.3 is 9.64 Å². The second kappa shape index (κ2) is 8.56. The Morgan fingerprint density at radius 2 is 1.74 bits per heavy atom. The summed E-state index contributed by atoms with van der Waals surface area (Å²) in [4.78, 5) is 26.2. The molecule has 0 aliphatic heterocycles. The highest BCUT2D eigenvalue weighted by Gasteiger charge is 2.18. The third kappa shape index (κ3) is 6.72. The summed E-state index contributed by atoms with van der Waals surface area (Å²) in [6.07, 6.45) is 1.31. The highest BCUT2D eigenvalue weighted by atomic mass is 16.6. The minimum Gasteiger partial charge on any atom is -0.444 e. The average molecular weight is 320 g/mol. The second-order valence-corrected chi connectivity index (χ2v) is 6.50. The maximum atomic E-state index is 12.6. The molecule has 0 saturated carbocycles. The summed E-state index contributed by atoms with van der Waals surface area (Å²) in [6, 6.07) is 6.95. The van der Waals surface area contributed by atoms with Crippen LogP contribution in [0.2, 0.25) is 0 Å². The van der Waals surface area contributed by atoms with Gasteiger partial charge >= 0.3 is 6.09 Å². The first-order valence-electron chi connectivity index (χ1n) is 8.16. The fourth-order valence-electron chi connectivity index (χ4n) is 2.19. The Hall–Kier alpha value is -2.04. The van der Waals surface area contributed by atoms with Gasteiger partial charge in [0.15, 0.2) is 0 Å². The molecule has 0 aliphatic carbocycles. The molecular weight excluding hydrogens is 292 g/mol. The lowest BCUT2D eigenvalue weighted by Gasteiger charge is -2.22. The van der Waals surface area contributed by atoms with Crippen molar-refractivity contribution in [1.82, 2.24) is 4.90 Å². The topological polar surface area (TPSA) is 58.6 Å². The lowest BCUT2D eigenvalue weighted by Crippen LogP contribution is -2.32. The zero-order chi connectivity index (χ0) is 17.5. The van der Waals surface area contributed by atoms with Crippen LogP contribution in [0.3, 0.4) is 0 Å². The molecule has 1 aromatic rings. The minimum absolute atomic E-state index is 0.0125. The van der Waals surface area contributed by atoms with Gasteiger partial charge in [0, 0.05) is 24.3 Å². The van der Waals surface area contributed by atoms with Crippen LogP contribution >= 0.6 is 0 Å². The van der Waals surface area contributed by atoms with Crippen LogP contribution in [0.25, 0.3) is 0 Å². The first-order chi connectivity index (χ1) is 10.8. The van der Waals surface area contributed by atoms with Crippen molar-refractivity contribution >= 4 is 17.7 Å². The van der Waals surface area contributed by atoms with E-state index in [1.54, 1.807) is 45.0 Å². The quantitative estimate of drug-likeness (QED) is 0.850. The Kier molecular flexibility index (Phi) is 7.07. The molecule has 5 nitrogen and oxygen atoms in total. The summed E-state index contributed by atoms with van der Waals surface area (Å²) in [5.74, 6) is -0.0125. The number of nitrogens with one attached hydrogen (secondary N) is 1. The molecule has 0 atom stereocenters. The van der Waals surface area contributed by atoms with Crippen LogP contribution < -0.4 is 5.32 Å². The van der Waals surface area contributed by atoms with Crippen molar-refractivity contribution in [2.24, 2.45) is 0 Å². The van der Waals surface area contributed by atoms with Gasteiger partial charge in [-0.2, -0.15) is 0 Å². The van der Waals surface area contributed by atoms with E-state index in [1.165, 1.54) is 0 Å². The van der Waals surface area contributed by atoms with Crippen molar-refractivity contribution < 1.29 is 14.3 Å². The number of rotatable bonds is 6. The number of amides is 2. The third-order valence-corrected chi connectivity index (χ3v) is 3.03. The van der Waals surface area contributed by atoms with Gasteiger partial charge in [-0.1, -0.05) is 19.9 Å². The van der Waals surface area contributed by atoms with Crippen LogP contribution in [0.5, 0.6) is 0 Å². The molecule has 5 heteroatoms. The van der Waals surface area contributed by atoms with Gasteiger partial charge in [0.1, 0.15) is 5.60 Å². The van der Waals surface area contributed by atoms with E-state index in [2.05, 4.69) is 19.2 Å². The Morgan fingerprint density at radius 3 is 2.26 bits per heavy atom. The Bertz CT molecular complexity index is 529. The van der Waals surface area contributed by atoms with Crippen molar-refractivity contribution in [2.75, 3.05) is 18.4 Å². The molecule has 1 aromatic carbocycles. The normalized spacial score (nSPS) is 11.0. The molecule has 128 valence electrons. The van der Waals surface area contributed by atoms with E-state index < -0.39 is 11.7 Å². The first kappa shape index (κ1) is 19.0. The molecule has 0 unspecified atom stereocenters. The Labute approximate surface area is 139 Å². The van der Waals surface area contributed by atoms with E-state index >= 15 is 0 Å². The number of anilines is 1. The van der Waals surface area contributed by atoms with Crippen molar-refractivity contribution in [2.45, 2.75) is 53.1 Å². The van der Waals surface area contributed by atoms with Crippen LogP contribution in [0.4, 0.5) is 10.5 Å². The van der Waals surface area contributed by atoms with Crippen LogP contribution in [0.15, 0.2) is 24.3 Å². The zero-order valence-corrected chi connectivity index (χ0v) is 14.8. The number of hydrogen-bond donors (Lipinski definition) is 1. The molecule has 23 heavy (non-hydrogen) atoms. The number of hydrogen-bond acceptors (Lipinski definition) is 3. The van der Waals surface area contributed by atoms with Crippen LogP contribution in [0, 0.1) is 0 Å². The molecule has 0 radical (unpaired) electrons. The number of nitrogens with zero attached hydrogens (tertiary/aromatic N) is 1. The fourth-order valence-corrected chi connectivity index (χ4v) is 2.19. The summed E-state index contributed by atoms with van der Waals surface area (Å²) < 4.78 is 5.22. The molecule has 1 N–H and O–H groups in total. The molecule has 2 amide bonds. The van der Waals surface area contributed by atoms with Gasteiger partial charge in [0.25, 0.3) is 5.91 Å². The SMILES string of the molecule is CCCN(CCC)C(=O)c1cccc(NC(=O)OC(C)(C)C)c1. The fraction of sp³-hybridized carbons (Fsp3) is 0.556.